The predicted molar refractivity (Wildman–Crippen MR) is 87.3 cm³/mol. The van der Waals surface area contributed by atoms with Gasteiger partial charge >= 0.3 is 0 Å². The molecule has 2 aromatic heterocycles. The second-order valence-electron chi connectivity index (χ2n) is 6.16. The van der Waals surface area contributed by atoms with Crippen molar-refractivity contribution in [1.29, 1.82) is 0 Å². The van der Waals surface area contributed by atoms with E-state index in [0.29, 0.717) is 0 Å². The SMILES string of the molecule is C[C@@H]1CCCN1CCc1cc2cc(-n3cccn3)ccc2o1. The summed E-state index contributed by atoms with van der Waals surface area (Å²) in [4.78, 5) is 2.56. The van der Waals surface area contributed by atoms with Gasteiger partial charge in [0, 0.05) is 36.8 Å². The number of furan rings is 1. The Kier molecular flexibility index (Phi) is 3.47. The Morgan fingerprint density at radius 2 is 2.27 bits per heavy atom. The summed E-state index contributed by atoms with van der Waals surface area (Å²) in [5.74, 6) is 1.08. The Labute approximate surface area is 130 Å². The number of nitrogens with zero attached hydrogens (tertiary/aromatic N) is 3. The van der Waals surface area contributed by atoms with E-state index in [2.05, 4.69) is 29.1 Å². The van der Waals surface area contributed by atoms with Crippen LogP contribution in [0.3, 0.4) is 0 Å². The molecule has 1 aliphatic heterocycles. The van der Waals surface area contributed by atoms with Crippen molar-refractivity contribution in [2.75, 3.05) is 13.1 Å². The van der Waals surface area contributed by atoms with Crippen molar-refractivity contribution in [3.05, 3.63) is 48.5 Å². The molecule has 4 nitrogen and oxygen atoms in total. The van der Waals surface area contributed by atoms with E-state index >= 15 is 0 Å². The fourth-order valence-electron chi connectivity index (χ4n) is 3.35. The van der Waals surface area contributed by atoms with E-state index in [1.165, 1.54) is 19.4 Å². The van der Waals surface area contributed by atoms with Crippen molar-refractivity contribution >= 4 is 11.0 Å². The highest BCUT2D eigenvalue weighted by Gasteiger charge is 2.20. The second-order valence-corrected chi connectivity index (χ2v) is 6.16. The first-order valence-electron chi connectivity index (χ1n) is 8.06. The van der Waals surface area contributed by atoms with Gasteiger partial charge in [-0.2, -0.15) is 5.10 Å². The average Bonchev–Trinajstić information content (AvgIpc) is 3.25. The lowest BCUT2D eigenvalue weighted by molar-refractivity contribution is 0.266. The number of benzene rings is 1. The third kappa shape index (κ3) is 2.55. The average molecular weight is 295 g/mol. The molecule has 1 saturated heterocycles. The number of likely N-dealkylation sites (tertiary alicyclic amines) is 1. The third-order valence-corrected chi connectivity index (χ3v) is 4.66. The first-order chi connectivity index (χ1) is 10.8. The van der Waals surface area contributed by atoms with Gasteiger partial charge in [-0.15, -0.1) is 0 Å². The third-order valence-electron chi connectivity index (χ3n) is 4.66. The highest BCUT2D eigenvalue weighted by atomic mass is 16.3. The molecule has 0 aliphatic carbocycles. The molecular weight excluding hydrogens is 274 g/mol. The minimum absolute atomic E-state index is 0.718. The summed E-state index contributed by atoms with van der Waals surface area (Å²) >= 11 is 0. The molecule has 1 aromatic carbocycles. The molecule has 0 saturated carbocycles. The van der Waals surface area contributed by atoms with E-state index in [1.807, 2.05) is 29.1 Å². The van der Waals surface area contributed by atoms with Gasteiger partial charge < -0.3 is 9.32 Å². The lowest BCUT2D eigenvalue weighted by atomic mass is 10.2. The standard InChI is InChI=1S/C18H21N3O/c1-14-4-2-9-20(14)11-7-17-13-15-12-16(5-6-18(15)22-17)21-10-3-8-19-21/h3,5-6,8,10,12-14H,2,4,7,9,11H2,1H3/t14-/m1/s1. The molecule has 4 heteroatoms. The summed E-state index contributed by atoms with van der Waals surface area (Å²) in [7, 11) is 0. The molecule has 4 rings (SSSR count). The normalized spacial score (nSPS) is 19.2. The fourth-order valence-corrected chi connectivity index (χ4v) is 3.35. The summed E-state index contributed by atoms with van der Waals surface area (Å²) in [6, 6.07) is 11.0. The number of rotatable bonds is 4. The maximum absolute atomic E-state index is 5.98. The largest absolute Gasteiger partial charge is 0.461 e. The Bertz CT molecular complexity index is 760. The molecule has 22 heavy (non-hydrogen) atoms. The van der Waals surface area contributed by atoms with Crippen LogP contribution in [0.25, 0.3) is 16.7 Å². The van der Waals surface area contributed by atoms with Gasteiger partial charge in [0.1, 0.15) is 11.3 Å². The van der Waals surface area contributed by atoms with Crippen LogP contribution in [0.5, 0.6) is 0 Å². The Balaban J connectivity index is 1.53. The molecule has 0 spiro atoms. The maximum atomic E-state index is 5.98. The van der Waals surface area contributed by atoms with Crippen LogP contribution in [0.2, 0.25) is 0 Å². The highest BCUT2D eigenvalue weighted by Crippen LogP contribution is 2.24. The summed E-state index contributed by atoms with van der Waals surface area (Å²) in [5.41, 5.74) is 2.03. The summed E-state index contributed by atoms with van der Waals surface area (Å²) < 4.78 is 7.85. The topological polar surface area (TPSA) is 34.2 Å². The van der Waals surface area contributed by atoms with Crippen LogP contribution in [0, 0.1) is 0 Å². The monoisotopic (exact) mass is 295 g/mol. The molecule has 0 unspecified atom stereocenters. The molecule has 0 amide bonds. The molecule has 1 atom stereocenters. The van der Waals surface area contributed by atoms with Crippen molar-refractivity contribution in [3.8, 4) is 5.69 Å². The van der Waals surface area contributed by atoms with E-state index < -0.39 is 0 Å². The van der Waals surface area contributed by atoms with Gasteiger partial charge in [-0.1, -0.05) is 0 Å². The van der Waals surface area contributed by atoms with Crippen LogP contribution in [-0.4, -0.2) is 33.8 Å². The number of fused-ring (bicyclic) bond motifs is 1. The fraction of sp³-hybridized carbons (Fsp3) is 0.389. The van der Waals surface area contributed by atoms with E-state index in [1.54, 1.807) is 6.20 Å². The summed E-state index contributed by atoms with van der Waals surface area (Å²) in [5, 5.41) is 5.43. The van der Waals surface area contributed by atoms with Crippen LogP contribution in [0.4, 0.5) is 0 Å². The molecule has 3 heterocycles. The molecule has 0 bridgehead atoms. The quantitative estimate of drug-likeness (QED) is 0.737. The van der Waals surface area contributed by atoms with E-state index in [4.69, 9.17) is 4.42 Å². The Hall–Kier alpha value is -2.07. The van der Waals surface area contributed by atoms with Gasteiger partial charge in [-0.3, -0.25) is 0 Å². The minimum Gasteiger partial charge on any atom is -0.461 e. The van der Waals surface area contributed by atoms with E-state index in [-0.39, 0.29) is 0 Å². The van der Waals surface area contributed by atoms with Crippen molar-refractivity contribution in [2.45, 2.75) is 32.2 Å². The van der Waals surface area contributed by atoms with Crippen LogP contribution in [0.15, 0.2) is 47.1 Å². The zero-order chi connectivity index (χ0) is 14.9. The van der Waals surface area contributed by atoms with Crippen LogP contribution < -0.4 is 0 Å². The second kappa shape index (κ2) is 5.61. The molecule has 3 aromatic rings. The van der Waals surface area contributed by atoms with Crippen LogP contribution in [-0.2, 0) is 6.42 Å². The Morgan fingerprint density at radius 3 is 3.05 bits per heavy atom. The molecular formula is C18H21N3O. The highest BCUT2D eigenvalue weighted by molar-refractivity contribution is 5.80. The van der Waals surface area contributed by atoms with Gasteiger partial charge in [-0.05, 0) is 56.6 Å². The molecule has 0 radical (unpaired) electrons. The van der Waals surface area contributed by atoms with Crippen molar-refractivity contribution in [1.82, 2.24) is 14.7 Å². The lowest BCUT2D eigenvalue weighted by Crippen LogP contribution is -2.28. The predicted octanol–water partition coefficient (Wildman–Crippen LogP) is 3.65. The minimum atomic E-state index is 0.718. The summed E-state index contributed by atoms with van der Waals surface area (Å²) in [6.45, 7) is 4.64. The Morgan fingerprint density at radius 1 is 1.32 bits per heavy atom. The first kappa shape index (κ1) is 13.6. The zero-order valence-corrected chi connectivity index (χ0v) is 12.9. The maximum Gasteiger partial charge on any atom is 0.134 e. The number of hydrogen-bond acceptors (Lipinski definition) is 3. The molecule has 1 aliphatic rings. The van der Waals surface area contributed by atoms with E-state index in [0.717, 1.165) is 41.4 Å². The van der Waals surface area contributed by atoms with Crippen LogP contribution in [0.1, 0.15) is 25.5 Å². The first-order valence-corrected chi connectivity index (χ1v) is 8.06. The van der Waals surface area contributed by atoms with Crippen molar-refractivity contribution in [3.63, 3.8) is 0 Å². The van der Waals surface area contributed by atoms with Gasteiger partial charge in [-0.25, -0.2) is 4.68 Å². The van der Waals surface area contributed by atoms with Crippen molar-refractivity contribution < 1.29 is 4.42 Å². The molecule has 114 valence electrons. The number of aromatic nitrogens is 2. The summed E-state index contributed by atoms with van der Waals surface area (Å²) in [6.07, 6.45) is 7.39. The zero-order valence-electron chi connectivity index (χ0n) is 12.9. The van der Waals surface area contributed by atoms with Gasteiger partial charge in [0.15, 0.2) is 0 Å². The lowest BCUT2D eigenvalue weighted by Gasteiger charge is -2.19. The smallest absolute Gasteiger partial charge is 0.134 e. The van der Waals surface area contributed by atoms with E-state index in [9.17, 15) is 0 Å². The molecule has 0 N–H and O–H groups in total. The van der Waals surface area contributed by atoms with Crippen molar-refractivity contribution in [2.24, 2.45) is 0 Å². The van der Waals surface area contributed by atoms with Crippen LogP contribution >= 0.6 is 0 Å². The van der Waals surface area contributed by atoms with Gasteiger partial charge in [0.05, 0.1) is 5.69 Å². The van der Waals surface area contributed by atoms with Gasteiger partial charge in [0.25, 0.3) is 0 Å². The number of hydrogen-bond donors (Lipinski definition) is 0. The molecule has 1 fully saturated rings. The van der Waals surface area contributed by atoms with Gasteiger partial charge in [0.2, 0.25) is 0 Å².